The zero-order valence-corrected chi connectivity index (χ0v) is 68.7. The number of aryl methyl sites for hydroxylation is 20. The van der Waals surface area contributed by atoms with Gasteiger partial charge in [-0.1, -0.05) is 351 Å². The molecule has 0 amide bonds. The first kappa shape index (κ1) is 86.2. The predicted octanol–water partition coefficient (Wildman–Crippen LogP) is 29.1. The molecule has 6 aliphatic rings. The Morgan fingerprint density at radius 1 is 0.252 bits per heavy atom. The van der Waals surface area contributed by atoms with Crippen molar-refractivity contribution in [1.82, 2.24) is 0 Å². The molecular formula is C106H140O. The van der Waals surface area contributed by atoms with E-state index in [1.165, 1.54) is 298 Å². The Balaban J connectivity index is 0.000000169. The minimum absolute atomic E-state index is 0.877. The van der Waals surface area contributed by atoms with Gasteiger partial charge in [-0.05, 0) is 290 Å². The van der Waals surface area contributed by atoms with E-state index in [-0.39, 0.29) is 0 Å². The Morgan fingerprint density at radius 2 is 0.570 bits per heavy atom. The molecule has 0 saturated heterocycles. The third kappa shape index (κ3) is 31.6. The fraction of sp³-hybridized carbons (Fsp3) is 0.434. The van der Waals surface area contributed by atoms with Gasteiger partial charge in [-0.25, -0.2) is 0 Å². The molecule has 1 heteroatoms. The van der Waals surface area contributed by atoms with E-state index in [4.69, 9.17) is 4.74 Å². The summed E-state index contributed by atoms with van der Waals surface area (Å²) in [7, 11) is 0. The number of benzene rings is 9. The van der Waals surface area contributed by atoms with Crippen LogP contribution in [-0.4, -0.2) is 6.61 Å². The Morgan fingerprint density at radius 3 is 0.916 bits per heavy atom. The van der Waals surface area contributed by atoms with Crippen molar-refractivity contribution in [3.63, 3.8) is 0 Å². The number of ether oxygens (including phenoxy) is 1. The van der Waals surface area contributed by atoms with Crippen LogP contribution in [0.4, 0.5) is 0 Å². The monoisotopic (exact) mass is 1430 g/mol. The molecule has 15 rings (SSSR count). The molecule has 0 radical (unpaired) electrons. The lowest BCUT2D eigenvalue weighted by Gasteiger charge is -2.19. The summed E-state index contributed by atoms with van der Waals surface area (Å²) in [5, 5.41) is 0. The molecule has 1 nitrogen and oxygen atoms in total. The van der Waals surface area contributed by atoms with Crippen LogP contribution in [0.2, 0.25) is 0 Å². The predicted molar refractivity (Wildman–Crippen MR) is 473 cm³/mol. The summed E-state index contributed by atoms with van der Waals surface area (Å²) in [5.41, 5.74) is 34.1. The quantitative estimate of drug-likeness (QED) is 0.0425. The minimum Gasteiger partial charge on any atom is -0.494 e. The van der Waals surface area contributed by atoms with Gasteiger partial charge >= 0.3 is 0 Å². The SMILES string of the molecule is C=Cc1cccc(C)c1.C=Cc1cccc(CCCC)c1.C=Cc1cccc(CCCCCC)c1.CCCCCCCOc1ccc2c(c1)CC2.CCCCCCc1ccc2c(c1)CC2.CCCCc1ccc2c(c1)CC2.CCCc1ccc2c(c1)CC2.CCc1ccc2c(c1)CC2.Cc1ccc2c(c1)CC2. The van der Waals surface area contributed by atoms with Crippen molar-refractivity contribution in [3.05, 3.63) is 330 Å². The number of fused-ring (bicyclic) bond motifs is 6. The van der Waals surface area contributed by atoms with E-state index >= 15 is 0 Å². The van der Waals surface area contributed by atoms with Crippen LogP contribution in [0, 0.1) is 13.8 Å². The van der Waals surface area contributed by atoms with Crippen LogP contribution < -0.4 is 4.74 Å². The second-order valence-corrected chi connectivity index (χ2v) is 30.8. The molecule has 0 N–H and O–H groups in total. The Hall–Kier alpha value is -8.00. The topological polar surface area (TPSA) is 9.23 Å². The summed E-state index contributed by atoms with van der Waals surface area (Å²) >= 11 is 0. The van der Waals surface area contributed by atoms with E-state index in [0.717, 1.165) is 12.4 Å². The number of hydrogen-bond donors (Lipinski definition) is 0. The maximum absolute atomic E-state index is 5.76. The van der Waals surface area contributed by atoms with Crippen molar-refractivity contribution >= 4 is 18.2 Å². The standard InChI is InChI=1S/C15H22O.2C14H20.2C12H16.C11H14.C10H12.2C9H10/c1-2-3-4-5-6-11-16-15-10-9-13-7-8-14(13)12-15;1-2-3-4-5-6-12-7-8-13-9-10-14(13)11-12;1-3-5-6-7-9-14-11-8-10-13(4-2)12-14;1-2-3-4-10-5-6-11-7-8-12(11)9-10;1-3-5-7-12-9-6-8-11(4-2)10-12;1-2-3-9-4-5-10-6-7-11(10)8-9;1-2-8-3-4-9-5-6-10(9)7-8;1-7-2-3-8-4-5-9(8)6-7;1-3-9-6-4-5-8(2)7-9/h9-10,12H,2-8,11H2,1H3;7-8,11H,2-6,9-10H2,1H3;4,8,10-12H,2-3,5-7,9H2,1H3;5-6,9H,2-4,7-8H2,1H3;4,6,8-10H,2-3,5,7H2,1H3;4-5,8H,2-3,6-7H2,1H3;3-4,7H,2,5-6H2,1H3;2-3,6H,4-5H2,1H3;3-7H,1H2,2H3. The van der Waals surface area contributed by atoms with Crippen molar-refractivity contribution < 1.29 is 4.74 Å². The molecule has 6 aliphatic carbocycles. The summed E-state index contributed by atoms with van der Waals surface area (Å²) in [6.45, 7) is 32.0. The molecule has 0 fully saturated rings. The van der Waals surface area contributed by atoms with E-state index in [0.29, 0.717) is 0 Å². The van der Waals surface area contributed by atoms with Gasteiger partial charge in [0.25, 0.3) is 0 Å². The molecule has 0 unspecified atom stereocenters. The van der Waals surface area contributed by atoms with E-state index in [9.17, 15) is 0 Å². The van der Waals surface area contributed by atoms with Crippen molar-refractivity contribution in [3.8, 4) is 5.75 Å². The van der Waals surface area contributed by atoms with Gasteiger partial charge in [-0.3, -0.25) is 0 Å². The third-order valence-corrected chi connectivity index (χ3v) is 22.0. The summed E-state index contributed by atoms with van der Waals surface area (Å²) in [6.07, 6.45) is 52.4. The third-order valence-electron chi connectivity index (χ3n) is 22.0. The van der Waals surface area contributed by atoms with Gasteiger partial charge in [0.2, 0.25) is 0 Å². The lowest BCUT2D eigenvalue weighted by atomic mass is 9.86. The smallest absolute Gasteiger partial charge is 0.119 e. The molecule has 0 aliphatic heterocycles. The molecule has 0 atom stereocenters. The van der Waals surface area contributed by atoms with Crippen LogP contribution in [0.25, 0.3) is 18.2 Å². The summed E-state index contributed by atoms with van der Waals surface area (Å²) in [6, 6.07) is 66.7. The van der Waals surface area contributed by atoms with Crippen LogP contribution in [0.15, 0.2) is 202 Å². The Labute approximate surface area is 654 Å². The van der Waals surface area contributed by atoms with Crippen LogP contribution >= 0.6 is 0 Å². The molecular weight excluding hydrogens is 1290 g/mol. The number of unbranched alkanes of at least 4 members (excludes halogenated alkanes) is 12. The molecule has 570 valence electrons. The van der Waals surface area contributed by atoms with Crippen molar-refractivity contribution in [2.45, 2.75) is 293 Å². The Bertz CT molecular complexity index is 4030. The van der Waals surface area contributed by atoms with Crippen LogP contribution in [0.1, 0.15) is 292 Å². The second kappa shape index (κ2) is 50.6. The average Bonchev–Trinajstić information content (AvgIpc) is 0.858. The molecule has 0 bridgehead atoms. The largest absolute Gasteiger partial charge is 0.494 e. The van der Waals surface area contributed by atoms with Gasteiger partial charge in [0.05, 0.1) is 6.61 Å². The maximum Gasteiger partial charge on any atom is 0.119 e. The van der Waals surface area contributed by atoms with Gasteiger partial charge in [0.1, 0.15) is 5.75 Å². The highest BCUT2D eigenvalue weighted by Crippen LogP contribution is 2.30. The van der Waals surface area contributed by atoms with Gasteiger partial charge in [0.15, 0.2) is 0 Å². The van der Waals surface area contributed by atoms with E-state index < -0.39 is 0 Å². The molecule has 9 aromatic rings. The first-order chi connectivity index (χ1) is 52.4. The zero-order chi connectivity index (χ0) is 76.1. The number of hydrogen-bond acceptors (Lipinski definition) is 1. The second-order valence-electron chi connectivity index (χ2n) is 30.8. The molecule has 0 saturated carbocycles. The first-order valence-electron chi connectivity index (χ1n) is 42.8. The molecule has 0 spiro atoms. The van der Waals surface area contributed by atoms with Crippen molar-refractivity contribution in [1.29, 1.82) is 0 Å². The fourth-order valence-corrected chi connectivity index (χ4v) is 14.3. The Kier molecular flexibility index (Phi) is 40.8. The lowest BCUT2D eigenvalue weighted by Crippen LogP contribution is -2.08. The van der Waals surface area contributed by atoms with E-state index in [1.807, 2.05) is 30.4 Å². The van der Waals surface area contributed by atoms with Crippen molar-refractivity contribution in [2.24, 2.45) is 0 Å². The van der Waals surface area contributed by atoms with E-state index in [2.05, 4.69) is 252 Å². The number of rotatable bonds is 29. The van der Waals surface area contributed by atoms with Crippen LogP contribution in [0.5, 0.6) is 5.75 Å². The van der Waals surface area contributed by atoms with Crippen LogP contribution in [0.3, 0.4) is 0 Å². The lowest BCUT2D eigenvalue weighted by molar-refractivity contribution is 0.304. The van der Waals surface area contributed by atoms with Gasteiger partial charge < -0.3 is 4.74 Å². The van der Waals surface area contributed by atoms with E-state index in [1.54, 1.807) is 61.2 Å². The molecule has 0 aromatic heterocycles. The van der Waals surface area contributed by atoms with Gasteiger partial charge in [-0.15, -0.1) is 0 Å². The maximum atomic E-state index is 5.76. The fourth-order valence-electron chi connectivity index (χ4n) is 14.3. The van der Waals surface area contributed by atoms with Crippen LogP contribution in [-0.2, 0) is 116 Å². The normalized spacial score (nSPS) is 12.4. The molecule has 107 heavy (non-hydrogen) atoms. The highest BCUT2D eigenvalue weighted by atomic mass is 16.5. The summed E-state index contributed by atoms with van der Waals surface area (Å²) < 4.78 is 5.76. The van der Waals surface area contributed by atoms with Crippen molar-refractivity contribution in [2.75, 3.05) is 6.61 Å². The van der Waals surface area contributed by atoms with Gasteiger partial charge in [-0.2, -0.15) is 0 Å². The molecule has 9 aromatic carbocycles. The highest BCUT2D eigenvalue weighted by molar-refractivity contribution is 5.50. The first-order valence-corrected chi connectivity index (χ1v) is 42.8. The zero-order valence-electron chi connectivity index (χ0n) is 68.7. The molecule has 0 heterocycles. The highest BCUT2D eigenvalue weighted by Gasteiger charge is 2.17. The van der Waals surface area contributed by atoms with Gasteiger partial charge in [0, 0.05) is 0 Å². The minimum atomic E-state index is 0.877. The average molecular weight is 1430 g/mol. The summed E-state index contributed by atoms with van der Waals surface area (Å²) in [5.74, 6) is 1.06. The summed E-state index contributed by atoms with van der Waals surface area (Å²) in [4.78, 5) is 0.